The second kappa shape index (κ2) is 6.73. The van der Waals surface area contributed by atoms with Crippen LogP contribution in [0.1, 0.15) is 17.4 Å². The van der Waals surface area contributed by atoms with E-state index < -0.39 is 18.0 Å². The number of aromatic amines is 1. The van der Waals surface area contributed by atoms with Gasteiger partial charge in [0.05, 0.1) is 10.0 Å². The predicted octanol–water partition coefficient (Wildman–Crippen LogP) is 1.97. The zero-order valence-corrected chi connectivity index (χ0v) is 12.6. The number of benzene rings is 1. The van der Waals surface area contributed by atoms with Crippen LogP contribution in [0.4, 0.5) is 0 Å². The van der Waals surface area contributed by atoms with Gasteiger partial charge in [0.2, 0.25) is 5.69 Å². The van der Waals surface area contributed by atoms with Crippen molar-refractivity contribution in [1.82, 2.24) is 15.4 Å². The first-order chi connectivity index (χ1) is 10.4. The first-order valence-corrected chi connectivity index (χ1v) is 6.57. The lowest BCUT2D eigenvalue weighted by Gasteiger charge is -2.08. The van der Waals surface area contributed by atoms with Gasteiger partial charge in [-0.15, -0.1) is 0 Å². The molecule has 22 heavy (non-hydrogen) atoms. The van der Waals surface area contributed by atoms with E-state index in [9.17, 15) is 14.7 Å². The van der Waals surface area contributed by atoms with E-state index in [4.69, 9.17) is 27.9 Å². The fourth-order valence-corrected chi connectivity index (χ4v) is 1.61. The Balaban J connectivity index is 2.17. The van der Waals surface area contributed by atoms with Gasteiger partial charge in [-0.3, -0.25) is 4.79 Å². The summed E-state index contributed by atoms with van der Waals surface area (Å²) in [5, 5.41) is 19.0. The van der Waals surface area contributed by atoms with E-state index >= 15 is 0 Å². The molecule has 0 aliphatic rings. The van der Waals surface area contributed by atoms with Gasteiger partial charge in [-0.05, 0) is 12.1 Å². The van der Waals surface area contributed by atoms with Crippen molar-refractivity contribution in [3.05, 3.63) is 33.9 Å². The van der Waals surface area contributed by atoms with Crippen molar-refractivity contribution in [2.24, 2.45) is 0 Å². The van der Waals surface area contributed by atoms with Crippen LogP contribution in [-0.2, 0) is 9.53 Å². The van der Waals surface area contributed by atoms with Gasteiger partial charge in [0.1, 0.15) is 5.75 Å². The molecule has 1 heterocycles. The zero-order valence-electron chi connectivity index (χ0n) is 11.0. The van der Waals surface area contributed by atoms with Crippen molar-refractivity contribution in [2.75, 3.05) is 0 Å². The molecule has 0 aliphatic carbocycles. The number of esters is 1. The topological polar surface area (TPSA) is 114 Å². The number of carbonyl (C=O) groups is 2. The van der Waals surface area contributed by atoms with Gasteiger partial charge in [0.15, 0.2) is 5.78 Å². The molecule has 0 saturated heterocycles. The average molecular weight is 346 g/mol. The number of hydrogen-bond acceptors (Lipinski definition) is 7. The number of ether oxygens (including phenoxy) is 2. The van der Waals surface area contributed by atoms with E-state index in [2.05, 4.69) is 20.1 Å². The summed E-state index contributed by atoms with van der Waals surface area (Å²) < 4.78 is 9.84. The van der Waals surface area contributed by atoms with Crippen LogP contribution >= 0.6 is 23.2 Å². The van der Waals surface area contributed by atoms with Crippen LogP contribution < -0.4 is 4.74 Å². The summed E-state index contributed by atoms with van der Waals surface area (Å²) in [7, 11) is 0. The number of nitrogens with one attached hydrogen (secondary N) is 1. The molecule has 1 aromatic heterocycles. The van der Waals surface area contributed by atoms with Crippen molar-refractivity contribution in [3.63, 3.8) is 0 Å². The van der Waals surface area contributed by atoms with Crippen molar-refractivity contribution >= 4 is 35.0 Å². The number of hydrogen-bond donors (Lipinski definition) is 2. The summed E-state index contributed by atoms with van der Waals surface area (Å²) in [6, 6.07) is 4.41. The standard InChI is InChI=1S/C12H9Cl2N3O5/c1-5(18)11(19)22-12(20)9-10(16-17-15-9)21-6-2-3-7(13)8(14)4-6/h2-4,11,19H,1H3,(H,15,16,17). The molecule has 1 unspecified atom stereocenters. The minimum absolute atomic E-state index is 0.209. The normalized spacial score (nSPS) is 11.8. The fraction of sp³-hybridized carbons (Fsp3) is 0.167. The van der Waals surface area contributed by atoms with Crippen LogP contribution in [0.2, 0.25) is 10.0 Å². The minimum Gasteiger partial charge on any atom is -0.436 e. The van der Waals surface area contributed by atoms with Gasteiger partial charge in [-0.25, -0.2) is 9.89 Å². The van der Waals surface area contributed by atoms with Crippen LogP contribution in [0, 0.1) is 0 Å². The highest BCUT2D eigenvalue weighted by atomic mass is 35.5. The molecule has 0 amide bonds. The number of ketones is 1. The first kappa shape index (κ1) is 16.2. The van der Waals surface area contributed by atoms with E-state index in [1.807, 2.05) is 0 Å². The fourth-order valence-electron chi connectivity index (χ4n) is 1.32. The Kier molecular flexibility index (Phi) is 4.96. The molecule has 0 fully saturated rings. The Morgan fingerprint density at radius 1 is 1.32 bits per heavy atom. The molecule has 2 aromatic rings. The Morgan fingerprint density at radius 3 is 2.68 bits per heavy atom. The summed E-state index contributed by atoms with van der Waals surface area (Å²) in [6.45, 7) is 1.07. The van der Waals surface area contributed by atoms with Gasteiger partial charge in [-0.2, -0.15) is 0 Å². The number of aromatic nitrogens is 3. The minimum atomic E-state index is -1.88. The molecule has 2 N–H and O–H groups in total. The molecule has 0 bridgehead atoms. The molecular weight excluding hydrogens is 337 g/mol. The average Bonchev–Trinajstić information content (AvgIpc) is 2.91. The Morgan fingerprint density at radius 2 is 2.05 bits per heavy atom. The van der Waals surface area contributed by atoms with Crippen LogP contribution in [0.15, 0.2) is 18.2 Å². The second-order valence-corrected chi connectivity index (χ2v) is 4.85. The van der Waals surface area contributed by atoms with E-state index in [-0.39, 0.29) is 22.3 Å². The number of H-pyrrole nitrogens is 1. The lowest BCUT2D eigenvalue weighted by atomic mass is 10.3. The summed E-state index contributed by atoms with van der Waals surface area (Å²) >= 11 is 11.6. The lowest BCUT2D eigenvalue weighted by Crippen LogP contribution is -2.25. The van der Waals surface area contributed by atoms with E-state index in [0.717, 1.165) is 6.92 Å². The number of rotatable bonds is 5. The summed E-state index contributed by atoms with van der Waals surface area (Å²) in [4.78, 5) is 22.6. The van der Waals surface area contributed by atoms with E-state index in [1.165, 1.54) is 18.2 Å². The Bertz CT molecular complexity index is 719. The molecular formula is C12H9Cl2N3O5. The molecule has 0 aliphatic heterocycles. The SMILES string of the molecule is CC(=O)C(O)OC(=O)c1[nH]nnc1Oc1ccc(Cl)c(Cl)c1. The number of Topliss-reactive ketones (excluding diaryl/α,β-unsaturated/α-hetero) is 1. The van der Waals surface area contributed by atoms with E-state index in [1.54, 1.807) is 0 Å². The summed E-state index contributed by atoms with van der Waals surface area (Å²) in [6.07, 6.45) is -1.88. The number of aliphatic hydroxyl groups excluding tert-OH is 1. The largest absolute Gasteiger partial charge is 0.436 e. The third-order valence-corrected chi connectivity index (χ3v) is 3.13. The van der Waals surface area contributed by atoms with Gasteiger partial charge in [-0.1, -0.05) is 33.5 Å². The summed E-state index contributed by atoms with van der Waals surface area (Å²) in [5.74, 6) is -1.74. The van der Waals surface area contributed by atoms with Crippen LogP contribution in [0.5, 0.6) is 11.6 Å². The van der Waals surface area contributed by atoms with Crippen LogP contribution in [0.25, 0.3) is 0 Å². The van der Waals surface area contributed by atoms with Gasteiger partial charge >= 0.3 is 5.97 Å². The van der Waals surface area contributed by atoms with Crippen molar-refractivity contribution < 1.29 is 24.2 Å². The molecule has 116 valence electrons. The molecule has 1 atom stereocenters. The first-order valence-electron chi connectivity index (χ1n) is 5.82. The Hall–Kier alpha value is -2.16. The number of halogens is 2. The zero-order chi connectivity index (χ0) is 16.3. The quantitative estimate of drug-likeness (QED) is 0.628. The summed E-state index contributed by atoms with van der Waals surface area (Å²) in [5.41, 5.74) is -0.272. The lowest BCUT2D eigenvalue weighted by molar-refractivity contribution is -0.144. The third kappa shape index (κ3) is 3.73. The molecule has 0 spiro atoms. The number of aliphatic hydroxyl groups is 1. The van der Waals surface area contributed by atoms with Gasteiger partial charge in [0, 0.05) is 13.0 Å². The number of carbonyl (C=O) groups excluding carboxylic acids is 2. The van der Waals surface area contributed by atoms with Crippen molar-refractivity contribution in [2.45, 2.75) is 13.2 Å². The van der Waals surface area contributed by atoms with Crippen LogP contribution in [0.3, 0.4) is 0 Å². The number of nitrogens with zero attached hydrogens (tertiary/aromatic N) is 2. The second-order valence-electron chi connectivity index (χ2n) is 4.04. The Labute approximate surface area is 133 Å². The highest BCUT2D eigenvalue weighted by Gasteiger charge is 2.24. The smallest absolute Gasteiger partial charge is 0.364 e. The highest BCUT2D eigenvalue weighted by Crippen LogP contribution is 2.29. The maximum absolute atomic E-state index is 11.8. The maximum atomic E-state index is 11.8. The predicted molar refractivity (Wildman–Crippen MR) is 75.0 cm³/mol. The maximum Gasteiger partial charge on any atom is 0.364 e. The monoisotopic (exact) mass is 345 g/mol. The van der Waals surface area contributed by atoms with Crippen molar-refractivity contribution in [3.8, 4) is 11.6 Å². The highest BCUT2D eigenvalue weighted by molar-refractivity contribution is 6.42. The van der Waals surface area contributed by atoms with Gasteiger partial charge in [0.25, 0.3) is 12.2 Å². The molecule has 0 saturated carbocycles. The molecule has 10 heteroatoms. The van der Waals surface area contributed by atoms with E-state index in [0.29, 0.717) is 5.02 Å². The van der Waals surface area contributed by atoms with Crippen molar-refractivity contribution in [1.29, 1.82) is 0 Å². The van der Waals surface area contributed by atoms with Crippen LogP contribution in [-0.4, -0.2) is 38.6 Å². The van der Waals surface area contributed by atoms with Gasteiger partial charge < -0.3 is 14.6 Å². The third-order valence-electron chi connectivity index (χ3n) is 2.39. The molecule has 0 radical (unpaired) electrons. The molecule has 2 rings (SSSR count). The molecule has 1 aromatic carbocycles. The molecule has 8 nitrogen and oxygen atoms in total.